The molecular weight excluding hydrogens is 398 g/mol. The van der Waals surface area contributed by atoms with Gasteiger partial charge in [-0.25, -0.2) is 0 Å². The lowest BCUT2D eigenvalue weighted by Crippen LogP contribution is -2.31. The molecule has 0 radical (unpaired) electrons. The maximum Gasteiger partial charge on any atom is 0.258 e. The number of methoxy groups -OCH3 is 2. The second-order valence-corrected chi connectivity index (χ2v) is 6.86. The summed E-state index contributed by atoms with van der Waals surface area (Å²) in [6, 6.07) is 9.20. The number of rotatable bonds is 7. The average Bonchev–Trinajstić information content (AvgIpc) is 2.63. The second kappa shape index (κ2) is 8.94. The van der Waals surface area contributed by atoms with Crippen LogP contribution in [0.25, 0.3) is 0 Å². The standard InChI is InChI=1S/C20H24BrNO4/c1-12-8-16(9-13(2)20(12)21)26-11-19(23)22-14(3)15-6-7-17(24-4)18(10-15)25-5/h6-10,14H,11H2,1-5H3,(H,22,23). The number of nitrogens with one attached hydrogen (secondary N) is 1. The van der Waals surface area contributed by atoms with Crippen molar-refractivity contribution in [3.63, 3.8) is 0 Å². The summed E-state index contributed by atoms with van der Waals surface area (Å²) in [5.41, 5.74) is 3.06. The van der Waals surface area contributed by atoms with E-state index in [2.05, 4.69) is 21.2 Å². The van der Waals surface area contributed by atoms with Gasteiger partial charge in [-0.15, -0.1) is 0 Å². The molecule has 2 rings (SSSR count). The summed E-state index contributed by atoms with van der Waals surface area (Å²) in [4.78, 5) is 12.2. The first-order valence-electron chi connectivity index (χ1n) is 8.26. The highest BCUT2D eigenvalue weighted by Gasteiger charge is 2.13. The molecule has 0 aliphatic carbocycles. The lowest BCUT2D eigenvalue weighted by molar-refractivity contribution is -0.123. The van der Waals surface area contributed by atoms with E-state index < -0.39 is 0 Å². The Morgan fingerprint density at radius 2 is 1.69 bits per heavy atom. The quantitative estimate of drug-likeness (QED) is 0.722. The number of halogens is 1. The van der Waals surface area contributed by atoms with Crippen molar-refractivity contribution in [1.82, 2.24) is 5.32 Å². The van der Waals surface area contributed by atoms with Gasteiger partial charge in [0.1, 0.15) is 5.75 Å². The molecule has 0 saturated carbocycles. The third kappa shape index (κ3) is 4.91. The van der Waals surface area contributed by atoms with E-state index in [9.17, 15) is 4.79 Å². The number of amides is 1. The third-order valence-corrected chi connectivity index (χ3v) is 5.32. The van der Waals surface area contributed by atoms with Gasteiger partial charge in [0.15, 0.2) is 18.1 Å². The van der Waals surface area contributed by atoms with Crippen LogP contribution in [0.4, 0.5) is 0 Å². The van der Waals surface area contributed by atoms with Crippen LogP contribution in [0.15, 0.2) is 34.8 Å². The van der Waals surface area contributed by atoms with Gasteiger partial charge in [0.25, 0.3) is 5.91 Å². The van der Waals surface area contributed by atoms with Gasteiger partial charge < -0.3 is 19.5 Å². The van der Waals surface area contributed by atoms with E-state index in [1.54, 1.807) is 14.2 Å². The minimum atomic E-state index is -0.189. The third-order valence-electron chi connectivity index (χ3n) is 4.06. The number of ether oxygens (including phenoxy) is 3. The van der Waals surface area contributed by atoms with Gasteiger partial charge in [-0.1, -0.05) is 22.0 Å². The molecule has 140 valence electrons. The Balaban J connectivity index is 1.97. The van der Waals surface area contributed by atoms with E-state index in [1.165, 1.54) is 0 Å². The highest BCUT2D eigenvalue weighted by molar-refractivity contribution is 9.10. The van der Waals surface area contributed by atoms with Crippen LogP contribution in [0.1, 0.15) is 29.7 Å². The fraction of sp³-hybridized carbons (Fsp3) is 0.350. The SMILES string of the molecule is COc1ccc(C(C)NC(=O)COc2cc(C)c(Br)c(C)c2)cc1OC. The van der Waals surface area contributed by atoms with Crippen LogP contribution in [0.2, 0.25) is 0 Å². The summed E-state index contributed by atoms with van der Waals surface area (Å²) in [5.74, 6) is 1.77. The van der Waals surface area contributed by atoms with Gasteiger partial charge in [-0.05, 0) is 61.7 Å². The van der Waals surface area contributed by atoms with E-state index in [-0.39, 0.29) is 18.6 Å². The Labute approximate surface area is 162 Å². The minimum absolute atomic E-state index is 0.0435. The first-order chi connectivity index (χ1) is 12.3. The highest BCUT2D eigenvalue weighted by atomic mass is 79.9. The smallest absolute Gasteiger partial charge is 0.258 e. The molecule has 0 aliphatic heterocycles. The van der Waals surface area contributed by atoms with Crippen molar-refractivity contribution >= 4 is 21.8 Å². The number of aryl methyl sites for hydroxylation is 2. The fourth-order valence-electron chi connectivity index (χ4n) is 2.63. The molecule has 0 spiro atoms. The van der Waals surface area contributed by atoms with Crippen molar-refractivity contribution in [1.29, 1.82) is 0 Å². The lowest BCUT2D eigenvalue weighted by atomic mass is 10.1. The molecule has 0 aromatic heterocycles. The molecule has 0 aliphatic rings. The number of carbonyl (C=O) groups excluding carboxylic acids is 1. The molecular formula is C20H24BrNO4. The maximum atomic E-state index is 12.2. The molecule has 1 amide bonds. The summed E-state index contributed by atoms with van der Waals surface area (Å²) < 4.78 is 17.2. The van der Waals surface area contributed by atoms with Crippen molar-refractivity contribution in [2.24, 2.45) is 0 Å². The Morgan fingerprint density at radius 1 is 1.08 bits per heavy atom. The molecule has 1 atom stereocenters. The number of hydrogen-bond acceptors (Lipinski definition) is 4. The molecule has 1 unspecified atom stereocenters. The fourth-order valence-corrected chi connectivity index (χ4v) is 2.86. The first kappa shape index (κ1) is 20.1. The molecule has 26 heavy (non-hydrogen) atoms. The number of benzene rings is 2. The van der Waals surface area contributed by atoms with E-state index in [1.807, 2.05) is 51.1 Å². The highest BCUT2D eigenvalue weighted by Crippen LogP contribution is 2.30. The molecule has 2 aromatic rings. The predicted octanol–water partition coefficient (Wildman–Crippen LogP) is 4.34. The summed E-state index contributed by atoms with van der Waals surface area (Å²) in [7, 11) is 3.17. The molecule has 1 N–H and O–H groups in total. The predicted molar refractivity (Wildman–Crippen MR) is 105 cm³/mol. The Morgan fingerprint density at radius 3 is 2.27 bits per heavy atom. The zero-order chi connectivity index (χ0) is 19.3. The molecule has 0 bridgehead atoms. The van der Waals surface area contributed by atoms with Crippen molar-refractivity contribution in [2.45, 2.75) is 26.8 Å². The largest absolute Gasteiger partial charge is 0.493 e. The molecule has 0 heterocycles. The van der Waals surface area contributed by atoms with Gasteiger partial charge in [0, 0.05) is 4.47 Å². The number of hydrogen-bond donors (Lipinski definition) is 1. The van der Waals surface area contributed by atoms with Crippen LogP contribution in [0, 0.1) is 13.8 Å². The van der Waals surface area contributed by atoms with Crippen LogP contribution in [-0.4, -0.2) is 26.7 Å². The summed E-state index contributed by atoms with van der Waals surface area (Å²) >= 11 is 3.52. The zero-order valence-corrected chi connectivity index (χ0v) is 17.3. The maximum absolute atomic E-state index is 12.2. The molecule has 2 aromatic carbocycles. The first-order valence-corrected chi connectivity index (χ1v) is 9.05. The van der Waals surface area contributed by atoms with Crippen LogP contribution in [0.5, 0.6) is 17.2 Å². The molecule has 5 nitrogen and oxygen atoms in total. The van der Waals surface area contributed by atoms with Crippen molar-refractivity contribution in [2.75, 3.05) is 20.8 Å². The Hall–Kier alpha value is -2.21. The van der Waals surface area contributed by atoms with E-state index in [0.29, 0.717) is 17.2 Å². The summed E-state index contributed by atoms with van der Waals surface area (Å²) in [6.45, 7) is 5.84. The van der Waals surface area contributed by atoms with Crippen LogP contribution < -0.4 is 19.5 Å². The normalized spacial score (nSPS) is 11.6. The van der Waals surface area contributed by atoms with Crippen LogP contribution >= 0.6 is 15.9 Å². The topological polar surface area (TPSA) is 56.8 Å². The molecule has 6 heteroatoms. The Kier molecular flexibility index (Phi) is 6.91. The van der Waals surface area contributed by atoms with E-state index in [4.69, 9.17) is 14.2 Å². The van der Waals surface area contributed by atoms with Gasteiger partial charge in [0.2, 0.25) is 0 Å². The van der Waals surface area contributed by atoms with Crippen molar-refractivity contribution in [3.05, 3.63) is 51.5 Å². The average molecular weight is 422 g/mol. The molecule has 0 saturated heterocycles. The zero-order valence-electron chi connectivity index (χ0n) is 15.7. The van der Waals surface area contributed by atoms with Gasteiger partial charge in [-0.2, -0.15) is 0 Å². The summed E-state index contributed by atoms with van der Waals surface area (Å²) in [5, 5.41) is 2.93. The summed E-state index contributed by atoms with van der Waals surface area (Å²) in [6.07, 6.45) is 0. The van der Waals surface area contributed by atoms with Crippen LogP contribution in [0.3, 0.4) is 0 Å². The van der Waals surface area contributed by atoms with Crippen molar-refractivity contribution in [3.8, 4) is 17.2 Å². The monoisotopic (exact) mass is 421 g/mol. The van der Waals surface area contributed by atoms with E-state index in [0.717, 1.165) is 21.2 Å². The van der Waals surface area contributed by atoms with Gasteiger partial charge in [0.05, 0.1) is 20.3 Å². The van der Waals surface area contributed by atoms with Gasteiger partial charge >= 0.3 is 0 Å². The minimum Gasteiger partial charge on any atom is -0.493 e. The Bertz CT molecular complexity index is 768. The van der Waals surface area contributed by atoms with Gasteiger partial charge in [-0.3, -0.25) is 4.79 Å². The second-order valence-electron chi connectivity index (χ2n) is 6.06. The van der Waals surface area contributed by atoms with Crippen molar-refractivity contribution < 1.29 is 19.0 Å². The number of carbonyl (C=O) groups is 1. The van der Waals surface area contributed by atoms with E-state index >= 15 is 0 Å². The molecule has 0 fully saturated rings. The lowest BCUT2D eigenvalue weighted by Gasteiger charge is -2.17. The van der Waals surface area contributed by atoms with Crippen LogP contribution in [-0.2, 0) is 4.79 Å².